The SMILES string of the molecule is COc1cc([C@@H]2Nc3ccccc3NC3=C2C(=O)C[C@@H](c2cccs2)C3)cc(Cl)c1O. The summed E-state index contributed by atoms with van der Waals surface area (Å²) >= 11 is 7.97. The maximum atomic E-state index is 13.5. The van der Waals surface area contributed by atoms with Crippen LogP contribution in [0.1, 0.15) is 35.2 Å². The maximum Gasteiger partial charge on any atom is 0.176 e. The molecular formula is C24H21ClN2O3S. The number of ketones is 1. The number of rotatable bonds is 3. The molecule has 3 aromatic rings. The quantitative estimate of drug-likeness (QED) is 0.448. The van der Waals surface area contributed by atoms with Crippen LogP contribution in [-0.4, -0.2) is 18.0 Å². The monoisotopic (exact) mass is 452 g/mol. The molecule has 0 radical (unpaired) electrons. The first-order valence-electron chi connectivity index (χ1n) is 10.0. The van der Waals surface area contributed by atoms with E-state index >= 15 is 0 Å². The Morgan fingerprint density at radius 1 is 1.13 bits per heavy atom. The minimum atomic E-state index is -0.421. The Hall–Kier alpha value is -2.96. The molecule has 0 fully saturated rings. The van der Waals surface area contributed by atoms with Gasteiger partial charge in [-0.2, -0.15) is 0 Å². The molecular weight excluding hydrogens is 432 g/mol. The zero-order chi connectivity index (χ0) is 21.5. The van der Waals surface area contributed by atoms with E-state index in [9.17, 15) is 9.90 Å². The van der Waals surface area contributed by atoms with Crippen LogP contribution in [0.3, 0.4) is 0 Å². The number of halogens is 1. The molecule has 5 nitrogen and oxygen atoms in total. The number of carbonyl (C=O) groups excluding carboxylic acids is 1. The standard InChI is InChI=1S/C24H21ClN2O3S/c1-30-20-12-14(9-15(25)24(20)29)23-22-18(26-16-5-2-3-6-17(16)27-23)10-13(11-19(22)28)21-7-4-8-31-21/h2-9,12-13,23,26-27,29H,10-11H2,1H3/t13-,23-/m0/s1. The fourth-order valence-corrected chi connectivity index (χ4v) is 5.43. The number of hydrogen-bond acceptors (Lipinski definition) is 6. The summed E-state index contributed by atoms with van der Waals surface area (Å²) in [4.78, 5) is 14.7. The summed E-state index contributed by atoms with van der Waals surface area (Å²) in [6, 6.07) is 15.0. The van der Waals surface area contributed by atoms with E-state index in [4.69, 9.17) is 16.3 Å². The number of para-hydroxylation sites is 2. The number of Topliss-reactive ketones (excluding diaryl/α,β-unsaturated/α-hetero) is 1. The number of aromatic hydroxyl groups is 1. The van der Waals surface area contributed by atoms with Crippen LogP contribution in [0.15, 0.2) is 65.2 Å². The van der Waals surface area contributed by atoms with Gasteiger partial charge in [0.2, 0.25) is 0 Å². The van der Waals surface area contributed by atoms with Crippen LogP contribution in [0, 0.1) is 0 Å². The second-order valence-corrected chi connectivity index (χ2v) is 9.12. The molecule has 0 bridgehead atoms. The van der Waals surface area contributed by atoms with Crippen LogP contribution in [0.2, 0.25) is 5.02 Å². The Morgan fingerprint density at radius 3 is 2.68 bits per heavy atom. The second-order valence-electron chi connectivity index (χ2n) is 7.74. The zero-order valence-electron chi connectivity index (χ0n) is 16.8. The van der Waals surface area contributed by atoms with Gasteiger partial charge in [0.15, 0.2) is 17.3 Å². The lowest BCUT2D eigenvalue weighted by atomic mass is 9.80. The number of hydrogen-bond donors (Lipinski definition) is 3. The van der Waals surface area contributed by atoms with Crippen LogP contribution in [0.5, 0.6) is 11.5 Å². The number of fused-ring (bicyclic) bond motifs is 1. The Morgan fingerprint density at radius 2 is 1.94 bits per heavy atom. The number of allylic oxidation sites excluding steroid dienone is 1. The Balaban J connectivity index is 1.65. The first-order chi connectivity index (χ1) is 15.0. The smallest absolute Gasteiger partial charge is 0.176 e. The fourth-order valence-electron chi connectivity index (χ4n) is 4.38. The fraction of sp³-hybridized carbons (Fsp3) is 0.208. The largest absolute Gasteiger partial charge is 0.503 e. The molecule has 1 aliphatic heterocycles. The second kappa shape index (κ2) is 7.94. The first kappa shape index (κ1) is 20.0. The third-order valence-corrected chi connectivity index (χ3v) is 7.18. The zero-order valence-corrected chi connectivity index (χ0v) is 18.4. The van der Waals surface area contributed by atoms with Crippen molar-refractivity contribution in [1.82, 2.24) is 0 Å². The van der Waals surface area contributed by atoms with E-state index in [2.05, 4.69) is 22.1 Å². The molecule has 1 aromatic heterocycles. The molecule has 158 valence electrons. The number of methoxy groups -OCH3 is 1. The van der Waals surface area contributed by atoms with E-state index < -0.39 is 6.04 Å². The van der Waals surface area contributed by atoms with Gasteiger partial charge in [0, 0.05) is 28.5 Å². The van der Waals surface area contributed by atoms with Crippen molar-refractivity contribution in [1.29, 1.82) is 0 Å². The van der Waals surface area contributed by atoms with Crippen molar-refractivity contribution in [2.45, 2.75) is 24.8 Å². The van der Waals surface area contributed by atoms with Crippen molar-refractivity contribution in [3.05, 3.63) is 80.6 Å². The van der Waals surface area contributed by atoms with Crippen molar-refractivity contribution < 1.29 is 14.6 Å². The molecule has 31 heavy (non-hydrogen) atoms. The van der Waals surface area contributed by atoms with Gasteiger partial charge < -0.3 is 20.5 Å². The van der Waals surface area contributed by atoms with Gasteiger partial charge in [0.1, 0.15) is 0 Å². The number of anilines is 2. The highest BCUT2D eigenvalue weighted by molar-refractivity contribution is 7.10. The Kier molecular flexibility index (Phi) is 5.12. The summed E-state index contributed by atoms with van der Waals surface area (Å²) in [5.74, 6) is 0.418. The van der Waals surface area contributed by atoms with E-state index in [-0.39, 0.29) is 28.2 Å². The molecule has 2 aromatic carbocycles. The molecule has 0 saturated carbocycles. The molecule has 1 aliphatic carbocycles. The van der Waals surface area contributed by atoms with Crippen molar-refractivity contribution in [3.8, 4) is 11.5 Å². The van der Waals surface area contributed by atoms with Gasteiger partial charge in [-0.25, -0.2) is 0 Å². The van der Waals surface area contributed by atoms with Crippen molar-refractivity contribution in [2.75, 3.05) is 17.7 Å². The molecule has 2 heterocycles. The molecule has 0 spiro atoms. The summed E-state index contributed by atoms with van der Waals surface area (Å²) < 4.78 is 5.31. The van der Waals surface area contributed by atoms with Crippen LogP contribution in [0.25, 0.3) is 0 Å². The van der Waals surface area contributed by atoms with Crippen molar-refractivity contribution in [2.24, 2.45) is 0 Å². The van der Waals surface area contributed by atoms with Gasteiger partial charge >= 0.3 is 0 Å². The molecule has 2 atom stereocenters. The summed E-state index contributed by atoms with van der Waals surface area (Å²) in [5.41, 5.74) is 4.20. The van der Waals surface area contributed by atoms with Crippen LogP contribution >= 0.6 is 22.9 Å². The predicted molar refractivity (Wildman–Crippen MR) is 124 cm³/mol. The number of thiophene rings is 1. The van der Waals surface area contributed by atoms with Crippen molar-refractivity contribution >= 4 is 40.1 Å². The average Bonchev–Trinajstić information content (AvgIpc) is 3.24. The highest BCUT2D eigenvalue weighted by Crippen LogP contribution is 2.46. The Bertz CT molecular complexity index is 1190. The van der Waals surface area contributed by atoms with Gasteiger partial charge in [0.25, 0.3) is 0 Å². The van der Waals surface area contributed by atoms with Gasteiger partial charge in [-0.05, 0) is 47.7 Å². The van der Waals surface area contributed by atoms with E-state index in [0.717, 1.165) is 29.1 Å². The molecule has 0 saturated heterocycles. The lowest BCUT2D eigenvalue weighted by molar-refractivity contribution is -0.116. The molecule has 2 aliphatic rings. The summed E-state index contributed by atoms with van der Waals surface area (Å²) in [5, 5.41) is 19.5. The van der Waals surface area contributed by atoms with E-state index in [0.29, 0.717) is 12.0 Å². The highest BCUT2D eigenvalue weighted by atomic mass is 35.5. The van der Waals surface area contributed by atoms with Gasteiger partial charge in [-0.15, -0.1) is 11.3 Å². The van der Waals surface area contributed by atoms with Gasteiger partial charge in [-0.3, -0.25) is 4.79 Å². The molecule has 3 N–H and O–H groups in total. The number of benzene rings is 2. The summed E-state index contributed by atoms with van der Waals surface area (Å²) in [7, 11) is 1.48. The summed E-state index contributed by atoms with van der Waals surface area (Å²) in [6.45, 7) is 0. The minimum absolute atomic E-state index is 0.0978. The predicted octanol–water partition coefficient (Wildman–Crippen LogP) is 6.10. The van der Waals surface area contributed by atoms with E-state index in [1.165, 1.54) is 12.0 Å². The van der Waals surface area contributed by atoms with Gasteiger partial charge in [0.05, 0.1) is 29.5 Å². The molecule has 0 amide bonds. The van der Waals surface area contributed by atoms with E-state index in [1.807, 2.05) is 30.3 Å². The Labute approximate surface area is 189 Å². The number of phenols is 1. The molecule has 0 unspecified atom stereocenters. The third-order valence-electron chi connectivity index (χ3n) is 5.86. The lowest BCUT2D eigenvalue weighted by Crippen LogP contribution is -2.26. The average molecular weight is 453 g/mol. The first-order valence-corrected chi connectivity index (χ1v) is 11.3. The van der Waals surface area contributed by atoms with Crippen LogP contribution in [0.4, 0.5) is 11.4 Å². The lowest BCUT2D eigenvalue weighted by Gasteiger charge is -2.29. The summed E-state index contributed by atoms with van der Waals surface area (Å²) in [6.07, 6.45) is 1.20. The molecule has 7 heteroatoms. The normalized spacial score (nSPS) is 20.3. The molecule has 5 rings (SSSR count). The maximum absolute atomic E-state index is 13.5. The van der Waals surface area contributed by atoms with E-state index in [1.54, 1.807) is 23.5 Å². The third kappa shape index (κ3) is 3.56. The van der Waals surface area contributed by atoms with Crippen LogP contribution in [-0.2, 0) is 4.79 Å². The number of carbonyl (C=O) groups is 1. The number of phenolic OH excluding ortho intramolecular Hbond substituents is 1. The highest BCUT2D eigenvalue weighted by Gasteiger charge is 2.36. The van der Waals surface area contributed by atoms with Gasteiger partial charge in [-0.1, -0.05) is 29.8 Å². The number of ether oxygens (including phenoxy) is 1. The van der Waals surface area contributed by atoms with Crippen LogP contribution < -0.4 is 15.4 Å². The minimum Gasteiger partial charge on any atom is -0.503 e. The number of nitrogens with one attached hydrogen (secondary N) is 2. The topological polar surface area (TPSA) is 70.6 Å². The van der Waals surface area contributed by atoms with Crippen molar-refractivity contribution in [3.63, 3.8) is 0 Å².